The molecule has 0 saturated heterocycles. The van der Waals surface area contributed by atoms with Gasteiger partial charge in [0.2, 0.25) is 0 Å². The Bertz CT molecular complexity index is 510. The van der Waals surface area contributed by atoms with E-state index in [1.54, 1.807) is 12.1 Å². The Morgan fingerprint density at radius 1 is 1.47 bits per heavy atom. The molecule has 1 heterocycles. The smallest absolute Gasteiger partial charge is 0.167 e. The summed E-state index contributed by atoms with van der Waals surface area (Å²) in [5.41, 5.74) is 0.970. The highest BCUT2D eigenvalue weighted by molar-refractivity contribution is 9.10. The second-order valence-electron chi connectivity index (χ2n) is 2.93. The molecular formula is C10H6BrFN2O. The van der Waals surface area contributed by atoms with E-state index in [1.807, 2.05) is 0 Å². The second kappa shape index (κ2) is 3.94. The number of H-pyrrole nitrogens is 1. The fraction of sp³-hybridized carbons (Fsp3) is 0. The van der Waals surface area contributed by atoms with Crippen molar-refractivity contribution in [3.8, 4) is 11.4 Å². The number of benzene rings is 1. The number of aldehydes is 1. The fourth-order valence-electron chi connectivity index (χ4n) is 1.19. The summed E-state index contributed by atoms with van der Waals surface area (Å²) < 4.78 is 13.6. The van der Waals surface area contributed by atoms with Gasteiger partial charge >= 0.3 is 0 Å². The van der Waals surface area contributed by atoms with Crippen LogP contribution in [-0.4, -0.2) is 16.3 Å². The summed E-state index contributed by atoms with van der Waals surface area (Å²) in [4.78, 5) is 17.1. The average molecular weight is 269 g/mol. The van der Waals surface area contributed by atoms with Gasteiger partial charge in [0.1, 0.15) is 11.6 Å². The molecule has 2 aromatic rings. The van der Waals surface area contributed by atoms with Crippen LogP contribution in [0.5, 0.6) is 0 Å². The van der Waals surface area contributed by atoms with Gasteiger partial charge in [0.25, 0.3) is 0 Å². The number of nitrogens with zero attached hydrogens (tertiary/aromatic N) is 1. The summed E-state index contributed by atoms with van der Waals surface area (Å²) in [6.45, 7) is 0. The van der Waals surface area contributed by atoms with Crippen LogP contribution in [-0.2, 0) is 0 Å². The number of carbonyl (C=O) groups is 1. The molecule has 1 aromatic carbocycles. The predicted molar refractivity (Wildman–Crippen MR) is 57.1 cm³/mol. The van der Waals surface area contributed by atoms with Crippen LogP contribution in [0, 0.1) is 5.82 Å². The van der Waals surface area contributed by atoms with Crippen molar-refractivity contribution >= 4 is 22.2 Å². The van der Waals surface area contributed by atoms with E-state index in [2.05, 4.69) is 25.9 Å². The number of carbonyl (C=O) groups excluding carboxylic acids is 1. The number of aromatic nitrogens is 2. The first-order valence-corrected chi connectivity index (χ1v) is 4.95. The van der Waals surface area contributed by atoms with Crippen molar-refractivity contribution in [2.75, 3.05) is 0 Å². The van der Waals surface area contributed by atoms with Crippen LogP contribution in [0.2, 0.25) is 0 Å². The number of rotatable bonds is 2. The lowest BCUT2D eigenvalue weighted by Crippen LogP contribution is -1.84. The molecule has 0 aliphatic carbocycles. The molecule has 0 fully saturated rings. The third-order valence-corrected chi connectivity index (χ3v) is 2.56. The van der Waals surface area contributed by atoms with Crippen molar-refractivity contribution in [2.45, 2.75) is 0 Å². The molecule has 1 aromatic heterocycles. The number of hydrogen-bond donors (Lipinski definition) is 1. The number of nitrogens with one attached hydrogen (secondary N) is 1. The van der Waals surface area contributed by atoms with Gasteiger partial charge in [0, 0.05) is 5.56 Å². The number of imidazole rings is 1. The lowest BCUT2D eigenvalue weighted by Gasteiger charge is -1.98. The van der Waals surface area contributed by atoms with Crippen molar-refractivity contribution in [1.29, 1.82) is 0 Å². The van der Waals surface area contributed by atoms with E-state index in [4.69, 9.17) is 0 Å². The summed E-state index contributed by atoms with van der Waals surface area (Å²) in [6.07, 6.45) is 2.06. The van der Waals surface area contributed by atoms with Crippen LogP contribution in [0.4, 0.5) is 4.39 Å². The Morgan fingerprint density at radius 2 is 2.27 bits per heavy atom. The van der Waals surface area contributed by atoms with Gasteiger partial charge in [-0.25, -0.2) is 9.37 Å². The Hall–Kier alpha value is -1.49. The molecule has 0 spiro atoms. The largest absolute Gasteiger partial charge is 0.336 e. The number of aromatic amines is 1. The maximum atomic E-state index is 13.2. The van der Waals surface area contributed by atoms with Crippen LogP contribution >= 0.6 is 15.9 Å². The van der Waals surface area contributed by atoms with Crippen LogP contribution in [0.1, 0.15) is 10.5 Å². The molecular weight excluding hydrogens is 263 g/mol. The van der Waals surface area contributed by atoms with Gasteiger partial charge in [0.15, 0.2) is 6.29 Å². The Balaban J connectivity index is 2.44. The number of halogens is 2. The van der Waals surface area contributed by atoms with E-state index < -0.39 is 0 Å². The van der Waals surface area contributed by atoms with Gasteiger partial charge in [-0.1, -0.05) is 0 Å². The van der Waals surface area contributed by atoms with Gasteiger partial charge < -0.3 is 4.98 Å². The molecule has 0 atom stereocenters. The van der Waals surface area contributed by atoms with E-state index in [0.29, 0.717) is 27.8 Å². The highest BCUT2D eigenvalue weighted by Gasteiger charge is 2.06. The third kappa shape index (κ3) is 1.97. The van der Waals surface area contributed by atoms with Crippen molar-refractivity contribution in [3.63, 3.8) is 0 Å². The van der Waals surface area contributed by atoms with Gasteiger partial charge in [-0.15, -0.1) is 0 Å². The Kier molecular flexibility index (Phi) is 2.64. The lowest BCUT2D eigenvalue weighted by atomic mass is 10.2. The predicted octanol–water partition coefficient (Wildman–Crippen LogP) is 2.79. The van der Waals surface area contributed by atoms with Crippen LogP contribution in [0.25, 0.3) is 11.4 Å². The lowest BCUT2D eigenvalue weighted by molar-refractivity contribution is 0.111. The standard InChI is InChI=1S/C10H6BrFN2O/c11-8-2-1-6(3-9(8)12)10-13-4-7(5-15)14-10/h1-5H,(H,13,14). The Morgan fingerprint density at radius 3 is 2.87 bits per heavy atom. The normalized spacial score (nSPS) is 10.3. The minimum atomic E-state index is -0.364. The monoisotopic (exact) mass is 268 g/mol. The van der Waals surface area contributed by atoms with Crippen molar-refractivity contribution in [1.82, 2.24) is 9.97 Å². The van der Waals surface area contributed by atoms with Crippen LogP contribution < -0.4 is 0 Å². The van der Waals surface area contributed by atoms with E-state index in [1.165, 1.54) is 12.3 Å². The molecule has 15 heavy (non-hydrogen) atoms. The average Bonchev–Trinajstić information content (AvgIpc) is 2.70. The van der Waals surface area contributed by atoms with Crippen molar-refractivity contribution in [2.24, 2.45) is 0 Å². The molecule has 0 amide bonds. The SMILES string of the molecule is O=Cc1cnc(-c2ccc(Br)c(F)c2)[nH]1. The molecule has 0 aliphatic rings. The topological polar surface area (TPSA) is 45.8 Å². The minimum absolute atomic E-state index is 0.364. The second-order valence-corrected chi connectivity index (χ2v) is 3.79. The van der Waals surface area contributed by atoms with Gasteiger partial charge in [-0.2, -0.15) is 0 Å². The molecule has 76 valence electrons. The molecule has 2 rings (SSSR count). The van der Waals surface area contributed by atoms with Gasteiger partial charge in [-0.05, 0) is 34.1 Å². The van der Waals surface area contributed by atoms with Crippen molar-refractivity contribution < 1.29 is 9.18 Å². The molecule has 0 unspecified atom stereocenters. The van der Waals surface area contributed by atoms with E-state index >= 15 is 0 Å². The summed E-state index contributed by atoms with van der Waals surface area (Å²) >= 11 is 3.06. The summed E-state index contributed by atoms with van der Waals surface area (Å²) in [5.74, 6) is 0.111. The molecule has 3 nitrogen and oxygen atoms in total. The minimum Gasteiger partial charge on any atom is -0.336 e. The molecule has 0 radical (unpaired) electrons. The maximum absolute atomic E-state index is 13.2. The van der Waals surface area contributed by atoms with Gasteiger partial charge in [0.05, 0.1) is 16.4 Å². The van der Waals surface area contributed by atoms with Crippen molar-refractivity contribution in [3.05, 3.63) is 40.4 Å². The highest BCUT2D eigenvalue weighted by Crippen LogP contribution is 2.22. The van der Waals surface area contributed by atoms with Crippen LogP contribution in [0.3, 0.4) is 0 Å². The summed E-state index contributed by atoms with van der Waals surface area (Å²) in [6, 6.07) is 4.64. The fourth-order valence-corrected chi connectivity index (χ4v) is 1.43. The first kappa shape index (κ1) is 10.0. The molecule has 0 bridgehead atoms. The molecule has 0 aliphatic heterocycles. The highest BCUT2D eigenvalue weighted by atomic mass is 79.9. The maximum Gasteiger partial charge on any atom is 0.167 e. The van der Waals surface area contributed by atoms with E-state index in [9.17, 15) is 9.18 Å². The first-order valence-electron chi connectivity index (χ1n) is 4.16. The zero-order valence-electron chi connectivity index (χ0n) is 7.50. The molecule has 0 saturated carbocycles. The zero-order chi connectivity index (χ0) is 10.8. The molecule has 1 N–H and O–H groups in total. The molecule has 5 heteroatoms. The summed E-state index contributed by atoms with van der Waals surface area (Å²) in [7, 11) is 0. The first-order chi connectivity index (χ1) is 7.20. The Labute approximate surface area is 93.5 Å². The third-order valence-electron chi connectivity index (χ3n) is 1.92. The van der Waals surface area contributed by atoms with Gasteiger partial charge in [-0.3, -0.25) is 4.79 Å². The summed E-state index contributed by atoms with van der Waals surface area (Å²) in [5, 5.41) is 0. The zero-order valence-corrected chi connectivity index (χ0v) is 9.08. The quantitative estimate of drug-likeness (QED) is 0.852. The van der Waals surface area contributed by atoms with E-state index in [-0.39, 0.29) is 5.82 Å². The number of hydrogen-bond acceptors (Lipinski definition) is 2. The van der Waals surface area contributed by atoms with E-state index in [0.717, 1.165) is 0 Å². The van der Waals surface area contributed by atoms with Crippen LogP contribution in [0.15, 0.2) is 28.9 Å².